The number of aromatic nitrogens is 1. The van der Waals surface area contributed by atoms with E-state index in [4.69, 9.17) is 4.74 Å². The van der Waals surface area contributed by atoms with E-state index in [0.29, 0.717) is 6.04 Å². The van der Waals surface area contributed by atoms with Crippen molar-refractivity contribution in [3.63, 3.8) is 0 Å². The largest absolute Gasteiger partial charge is 0.457 e. The number of hydrogen-bond donors (Lipinski definition) is 1. The number of hydrogen-bond acceptors (Lipinski definition) is 3. The number of halogens is 1. The SMILES string of the molecule is Cc1cc(Oc2ccnc(CNC3CC3)c2)ccc1Br. The number of nitrogens with zero attached hydrogens (tertiary/aromatic N) is 1. The lowest BCUT2D eigenvalue weighted by molar-refractivity contribution is 0.479. The van der Waals surface area contributed by atoms with Crippen LogP contribution < -0.4 is 10.1 Å². The van der Waals surface area contributed by atoms with Gasteiger partial charge in [0.15, 0.2) is 0 Å². The van der Waals surface area contributed by atoms with Gasteiger partial charge in [0, 0.05) is 29.3 Å². The minimum Gasteiger partial charge on any atom is -0.457 e. The Morgan fingerprint density at radius 1 is 1.25 bits per heavy atom. The number of aryl methyl sites for hydroxylation is 1. The predicted molar refractivity (Wildman–Crippen MR) is 83.1 cm³/mol. The Hall–Kier alpha value is -1.39. The Kier molecular flexibility index (Phi) is 4.03. The van der Waals surface area contributed by atoms with Gasteiger partial charge in [-0.05, 0) is 49.6 Å². The summed E-state index contributed by atoms with van der Waals surface area (Å²) in [4.78, 5) is 4.36. The van der Waals surface area contributed by atoms with Gasteiger partial charge in [-0.25, -0.2) is 0 Å². The van der Waals surface area contributed by atoms with E-state index in [0.717, 1.165) is 33.8 Å². The van der Waals surface area contributed by atoms with Gasteiger partial charge in [-0.2, -0.15) is 0 Å². The molecule has 2 aromatic rings. The highest BCUT2D eigenvalue weighted by Crippen LogP contribution is 2.26. The molecule has 0 radical (unpaired) electrons. The van der Waals surface area contributed by atoms with E-state index in [2.05, 4.69) is 33.2 Å². The first-order valence-corrected chi connectivity index (χ1v) is 7.62. The molecule has 1 N–H and O–H groups in total. The standard InChI is InChI=1S/C16H17BrN2O/c1-11-8-14(4-5-16(11)17)20-15-6-7-18-13(9-15)10-19-12-2-3-12/h4-9,12,19H,2-3,10H2,1H3. The zero-order valence-corrected chi connectivity index (χ0v) is 13.0. The lowest BCUT2D eigenvalue weighted by Gasteiger charge is -2.09. The summed E-state index contributed by atoms with van der Waals surface area (Å²) in [6.07, 6.45) is 4.37. The second-order valence-corrected chi connectivity index (χ2v) is 6.01. The molecule has 3 rings (SSSR count). The Morgan fingerprint density at radius 3 is 2.80 bits per heavy atom. The predicted octanol–water partition coefficient (Wildman–Crippen LogP) is 4.20. The van der Waals surface area contributed by atoms with Crippen LogP contribution in [0.1, 0.15) is 24.1 Å². The first kappa shape index (κ1) is 13.6. The van der Waals surface area contributed by atoms with Gasteiger partial charge < -0.3 is 10.1 Å². The van der Waals surface area contributed by atoms with Gasteiger partial charge in [0.05, 0.1) is 5.69 Å². The summed E-state index contributed by atoms with van der Waals surface area (Å²) in [5.74, 6) is 1.67. The average Bonchev–Trinajstić information content (AvgIpc) is 3.25. The average molecular weight is 333 g/mol. The van der Waals surface area contributed by atoms with Crippen molar-refractivity contribution in [3.05, 3.63) is 52.3 Å². The molecular formula is C16H17BrN2O. The van der Waals surface area contributed by atoms with Crippen LogP contribution in [0, 0.1) is 6.92 Å². The number of pyridine rings is 1. The van der Waals surface area contributed by atoms with Gasteiger partial charge in [-0.3, -0.25) is 4.98 Å². The molecule has 20 heavy (non-hydrogen) atoms. The van der Waals surface area contributed by atoms with Crippen LogP contribution in [0.4, 0.5) is 0 Å². The molecule has 0 atom stereocenters. The van der Waals surface area contributed by atoms with Crippen LogP contribution in [0.3, 0.4) is 0 Å². The van der Waals surface area contributed by atoms with Crippen molar-refractivity contribution >= 4 is 15.9 Å². The fraction of sp³-hybridized carbons (Fsp3) is 0.312. The quantitative estimate of drug-likeness (QED) is 0.891. The second-order valence-electron chi connectivity index (χ2n) is 5.15. The molecule has 1 saturated carbocycles. The van der Waals surface area contributed by atoms with Crippen molar-refractivity contribution in [3.8, 4) is 11.5 Å². The molecule has 104 valence electrons. The molecule has 0 aliphatic heterocycles. The van der Waals surface area contributed by atoms with E-state index in [1.165, 1.54) is 12.8 Å². The molecule has 0 unspecified atom stereocenters. The fourth-order valence-electron chi connectivity index (χ4n) is 1.97. The highest BCUT2D eigenvalue weighted by atomic mass is 79.9. The molecule has 0 spiro atoms. The third kappa shape index (κ3) is 3.58. The highest BCUT2D eigenvalue weighted by molar-refractivity contribution is 9.10. The zero-order chi connectivity index (χ0) is 13.9. The summed E-state index contributed by atoms with van der Waals surface area (Å²) in [5.41, 5.74) is 2.18. The summed E-state index contributed by atoms with van der Waals surface area (Å²) in [5, 5.41) is 3.46. The lowest BCUT2D eigenvalue weighted by Crippen LogP contribution is -2.16. The van der Waals surface area contributed by atoms with Gasteiger partial charge in [0.2, 0.25) is 0 Å². The lowest BCUT2D eigenvalue weighted by atomic mass is 10.2. The summed E-state index contributed by atoms with van der Waals surface area (Å²) >= 11 is 3.49. The Bertz CT molecular complexity index is 611. The first-order valence-electron chi connectivity index (χ1n) is 6.83. The van der Waals surface area contributed by atoms with Crippen molar-refractivity contribution in [1.82, 2.24) is 10.3 Å². The number of ether oxygens (including phenoxy) is 1. The van der Waals surface area contributed by atoms with E-state index < -0.39 is 0 Å². The fourth-order valence-corrected chi connectivity index (χ4v) is 2.22. The maximum Gasteiger partial charge on any atom is 0.130 e. The number of nitrogens with one attached hydrogen (secondary N) is 1. The normalized spacial score (nSPS) is 14.3. The van der Waals surface area contributed by atoms with E-state index in [1.54, 1.807) is 6.20 Å². The van der Waals surface area contributed by atoms with Crippen molar-refractivity contribution in [2.75, 3.05) is 0 Å². The molecular weight excluding hydrogens is 316 g/mol. The van der Waals surface area contributed by atoms with Gasteiger partial charge in [0.25, 0.3) is 0 Å². The van der Waals surface area contributed by atoms with Crippen molar-refractivity contribution in [1.29, 1.82) is 0 Å². The van der Waals surface area contributed by atoms with Crippen LogP contribution in [-0.2, 0) is 6.54 Å². The van der Waals surface area contributed by atoms with Crippen LogP contribution in [0.5, 0.6) is 11.5 Å². The van der Waals surface area contributed by atoms with Gasteiger partial charge in [0.1, 0.15) is 11.5 Å². The summed E-state index contributed by atoms with van der Waals surface area (Å²) in [6.45, 7) is 2.86. The third-order valence-electron chi connectivity index (χ3n) is 3.30. The van der Waals surface area contributed by atoms with Crippen LogP contribution in [0.15, 0.2) is 41.0 Å². The zero-order valence-electron chi connectivity index (χ0n) is 11.4. The molecule has 0 saturated heterocycles. The van der Waals surface area contributed by atoms with Crippen molar-refractivity contribution in [2.45, 2.75) is 32.4 Å². The molecule has 1 aliphatic carbocycles. The third-order valence-corrected chi connectivity index (χ3v) is 4.19. The second kappa shape index (κ2) is 5.94. The summed E-state index contributed by atoms with van der Waals surface area (Å²) < 4.78 is 6.98. The van der Waals surface area contributed by atoms with E-state index in [9.17, 15) is 0 Å². The Morgan fingerprint density at radius 2 is 2.05 bits per heavy atom. The topological polar surface area (TPSA) is 34.1 Å². The van der Waals surface area contributed by atoms with Gasteiger partial charge >= 0.3 is 0 Å². The molecule has 1 aromatic heterocycles. The molecule has 1 heterocycles. The minimum atomic E-state index is 0.690. The van der Waals surface area contributed by atoms with Crippen LogP contribution in [0.2, 0.25) is 0 Å². The van der Waals surface area contributed by atoms with Crippen molar-refractivity contribution in [2.24, 2.45) is 0 Å². The maximum absolute atomic E-state index is 5.89. The highest BCUT2D eigenvalue weighted by Gasteiger charge is 2.20. The Labute approximate surface area is 127 Å². The van der Waals surface area contributed by atoms with E-state index in [-0.39, 0.29) is 0 Å². The smallest absolute Gasteiger partial charge is 0.130 e. The van der Waals surface area contributed by atoms with Gasteiger partial charge in [-0.15, -0.1) is 0 Å². The Balaban J connectivity index is 1.69. The summed E-state index contributed by atoms with van der Waals surface area (Å²) in [6, 6.07) is 10.5. The van der Waals surface area contributed by atoms with Crippen LogP contribution >= 0.6 is 15.9 Å². The molecule has 4 heteroatoms. The number of rotatable bonds is 5. The van der Waals surface area contributed by atoms with E-state index in [1.807, 2.05) is 30.3 Å². The first-order chi connectivity index (χ1) is 9.70. The van der Waals surface area contributed by atoms with E-state index >= 15 is 0 Å². The van der Waals surface area contributed by atoms with Crippen LogP contribution in [-0.4, -0.2) is 11.0 Å². The monoisotopic (exact) mass is 332 g/mol. The van der Waals surface area contributed by atoms with Crippen LogP contribution in [0.25, 0.3) is 0 Å². The number of benzene rings is 1. The minimum absolute atomic E-state index is 0.690. The molecule has 0 bridgehead atoms. The molecule has 1 aliphatic rings. The summed E-state index contributed by atoms with van der Waals surface area (Å²) in [7, 11) is 0. The molecule has 0 amide bonds. The molecule has 1 aromatic carbocycles. The van der Waals surface area contributed by atoms with Crippen molar-refractivity contribution < 1.29 is 4.74 Å². The molecule has 3 nitrogen and oxygen atoms in total. The maximum atomic E-state index is 5.89. The van der Waals surface area contributed by atoms with Gasteiger partial charge in [-0.1, -0.05) is 15.9 Å². The molecule has 1 fully saturated rings.